The Morgan fingerprint density at radius 3 is 2.52 bits per heavy atom. The third kappa shape index (κ3) is 2.47. The van der Waals surface area contributed by atoms with Crippen molar-refractivity contribution in [1.29, 1.82) is 5.26 Å². The van der Waals surface area contributed by atoms with Crippen LogP contribution in [0.5, 0.6) is 0 Å². The first kappa shape index (κ1) is 13.2. The summed E-state index contributed by atoms with van der Waals surface area (Å²) in [7, 11) is 0. The molecule has 0 aliphatic heterocycles. The lowest BCUT2D eigenvalue weighted by Crippen LogP contribution is -2.12. The molecule has 1 amide bonds. The molecule has 21 heavy (non-hydrogen) atoms. The van der Waals surface area contributed by atoms with E-state index in [-0.39, 0.29) is 5.91 Å². The van der Waals surface area contributed by atoms with Gasteiger partial charge in [-0.1, -0.05) is 29.8 Å². The maximum absolute atomic E-state index is 12.3. The summed E-state index contributed by atoms with van der Waals surface area (Å²) in [6, 6.07) is 16.1. The van der Waals surface area contributed by atoms with Crippen LogP contribution in [0.3, 0.4) is 0 Å². The summed E-state index contributed by atoms with van der Waals surface area (Å²) in [4.78, 5) is 15.3. The summed E-state index contributed by atoms with van der Waals surface area (Å²) >= 11 is 6.23. The fraction of sp³-hybridized carbons (Fsp3) is 0. The summed E-state index contributed by atoms with van der Waals surface area (Å²) in [6.45, 7) is 0. The van der Waals surface area contributed by atoms with Gasteiger partial charge < -0.3 is 10.3 Å². The van der Waals surface area contributed by atoms with Crippen molar-refractivity contribution in [3.05, 3.63) is 64.8 Å². The van der Waals surface area contributed by atoms with Gasteiger partial charge in [-0.2, -0.15) is 5.26 Å². The third-order valence-corrected chi connectivity index (χ3v) is 3.53. The van der Waals surface area contributed by atoms with Crippen molar-refractivity contribution >= 4 is 34.1 Å². The number of aromatic nitrogens is 1. The minimum Gasteiger partial charge on any atom is -0.349 e. The summed E-state index contributed by atoms with van der Waals surface area (Å²) in [5, 5.41) is 12.7. The number of aromatic amines is 1. The van der Waals surface area contributed by atoms with Gasteiger partial charge in [-0.05, 0) is 30.3 Å². The predicted molar refractivity (Wildman–Crippen MR) is 82.4 cm³/mol. The monoisotopic (exact) mass is 295 g/mol. The number of H-pyrrole nitrogens is 1. The number of fused-ring (bicyclic) bond motifs is 1. The topological polar surface area (TPSA) is 68.7 Å². The van der Waals surface area contributed by atoms with Crippen LogP contribution >= 0.6 is 11.6 Å². The van der Waals surface area contributed by atoms with Gasteiger partial charge in [0.1, 0.15) is 5.69 Å². The Morgan fingerprint density at radius 1 is 1.14 bits per heavy atom. The highest BCUT2D eigenvalue weighted by Gasteiger charge is 2.16. The molecule has 0 unspecified atom stereocenters. The minimum atomic E-state index is -0.319. The number of rotatable bonds is 2. The second-order valence-corrected chi connectivity index (χ2v) is 4.88. The number of benzene rings is 2. The molecular weight excluding hydrogens is 286 g/mol. The van der Waals surface area contributed by atoms with E-state index < -0.39 is 0 Å². The first-order valence-electron chi connectivity index (χ1n) is 6.27. The van der Waals surface area contributed by atoms with E-state index in [1.165, 1.54) is 0 Å². The Hall–Kier alpha value is -2.77. The van der Waals surface area contributed by atoms with Gasteiger partial charge >= 0.3 is 0 Å². The van der Waals surface area contributed by atoms with Crippen LogP contribution in [0.1, 0.15) is 16.1 Å². The van der Waals surface area contributed by atoms with E-state index in [0.717, 1.165) is 10.9 Å². The van der Waals surface area contributed by atoms with Crippen molar-refractivity contribution in [2.75, 3.05) is 5.32 Å². The van der Waals surface area contributed by atoms with Crippen LogP contribution in [-0.4, -0.2) is 10.9 Å². The molecule has 2 aromatic carbocycles. The van der Waals surface area contributed by atoms with Crippen molar-refractivity contribution in [3.63, 3.8) is 0 Å². The number of carbonyl (C=O) groups is 1. The molecule has 102 valence electrons. The van der Waals surface area contributed by atoms with Crippen molar-refractivity contribution in [1.82, 2.24) is 4.98 Å². The molecule has 3 aromatic rings. The number of nitrogens with one attached hydrogen (secondary N) is 2. The molecule has 0 aliphatic carbocycles. The molecule has 1 heterocycles. The molecule has 3 rings (SSSR count). The maximum Gasteiger partial charge on any atom is 0.273 e. The zero-order valence-corrected chi connectivity index (χ0v) is 11.6. The molecule has 0 radical (unpaired) electrons. The van der Waals surface area contributed by atoms with E-state index in [4.69, 9.17) is 16.9 Å². The second kappa shape index (κ2) is 5.31. The SMILES string of the molecule is N#Cc1ccc(NC(=O)c2[nH]c3ccccc3c2Cl)cc1. The molecule has 1 aromatic heterocycles. The van der Waals surface area contributed by atoms with Gasteiger partial charge in [0.05, 0.1) is 16.7 Å². The summed E-state index contributed by atoms with van der Waals surface area (Å²) in [5.74, 6) is -0.319. The Morgan fingerprint density at radius 2 is 1.86 bits per heavy atom. The number of nitrogens with zero attached hydrogens (tertiary/aromatic N) is 1. The third-order valence-electron chi connectivity index (χ3n) is 3.14. The molecule has 0 saturated heterocycles. The Balaban J connectivity index is 1.90. The Bertz CT molecular complexity index is 859. The van der Waals surface area contributed by atoms with E-state index in [1.807, 2.05) is 30.3 Å². The fourth-order valence-electron chi connectivity index (χ4n) is 2.09. The standard InChI is InChI=1S/C16H10ClN3O/c17-14-12-3-1-2-4-13(12)20-15(14)16(21)19-11-7-5-10(9-18)6-8-11/h1-8,20H,(H,19,21). The molecular formula is C16H10ClN3O. The summed E-state index contributed by atoms with van der Waals surface area (Å²) in [5.41, 5.74) is 2.28. The van der Waals surface area contributed by atoms with Gasteiger partial charge in [0.2, 0.25) is 0 Å². The van der Waals surface area contributed by atoms with Gasteiger partial charge in [0, 0.05) is 16.6 Å². The normalized spacial score (nSPS) is 10.3. The lowest BCUT2D eigenvalue weighted by molar-refractivity contribution is 0.102. The number of carbonyl (C=O) groups excluding carboxylic acids is 1. The molecule has 4 nitrogen and oxygen atoms in total. The number of halogens is 1. The average Bonchev–Trinajstić information content (AvgIpc) is 2.86. The molecule has 0 saturated carbocycles. The quantitative estimate of drug-likeness (QED) is 0.751. The van der Waals surface area contributed by atoms with Crippen LogP contribution in [0.4, 0.5) is 5.69 Å². The van der Waals surface area contributed by atoms with Crippen LogP contribution in [0.25, 0.3) is 10.9 Å². The number of para-hydroxylation sites is 1. The van der Waals surface area contributed by atoms with Crippen LogP contribution in [0, 0.1) is 11.3 Å². The van der Waals surface area contributed by atoms with Crippen molar-refractivity contribution in [2.45, 2.75) is 0 Å². The first-order valence-corrected chi connectivity index (χ1v) is 6.64. The van der Waals surface area contributed by atoms with Crippen molar-refractivity contribution in [3.8, 4) is 6.07 Å². The zero-order chi connectivity index (χ0) is 14.8. The van der Waals surface area contributed by atoms with E-state index >= 15 is 0 Å². The van der Waals surface area contributed by atoms with Crippen molar-refractivity contribution in [2.24, 2.45) is 0 Å². The highest BCUT2D eigenvalue weighted by Crippen LogP contribution is 2.27. The average molecular weight is 296 g/mol. The highest BCUT2D eigenvalue weighted by atomic mass is 35.5. The Kier molecular flexibility index (Phi) is 3.35. The van der Waals surface area contributed by atoms with Gasteiger partial charge in [0.25, 0.3) is 5.91 Å². The number of hydrogen-bond donors (Lipinski definition) is 2. The summed E-state index contributed by atoms with van der Waals surface area (Å²) in [6.07, 6.45) is 0. The molecule has 0 spiro atoms. The predicted octanol–water partition coefficient (Wildman–Crippen LogP) is 3.95. The first-order chi connectivity index (χ1) is 10.2. The van der Waals surface area contributed by atoms with Crippen LogP contribution in [-0.2, 0) is 0 Å². The fourth-order valence-corrected chi connectivity index (χ4v) is 2.38. The largest absolute Gasteiger partial charge is 0.349 e. The van der Waals surface area contributed by atoms with E-state index in [0.29, 0.717) is 22.0 Å². The molecule has 0 bridgehead atoms. The lowest BCUT2D eigenvalue weighted by atomic mass is 10.2. The van der Waals surface area contributed by atoms with Crippen LogP contribution in [0.2, 0.25) is 5.02 Å². The van der Waals surface area contributed by atoms with Crippen molar-refractivity contribution < 1.29 is 4.79 Å². The van der Waals surface area contributed by atoms with Gasteiger partial charge in [-0.15, -0.1) is 0 Å². The smallest absolute Gasteiger partial charge is 0.273 e. The van der Waals surface area contributed by atoms with Gasteiger partial charge in [-0.25, -0.2) is 0 Å². The molecule has 0 atom stereocenters. The van der Waals surface area contributed by atoms with Crippen LogP contribution in [0.15, 0.2) is 48.5 Å². The van der Waals surface area contributed by atoms with Gasteiger partial charge in [0.15, 0.2) is 0 Å². The van der Waals surface area contributed by atoms with E-state index in [1.54, 1.807) is 24.3 Å². The molecule has 0 aliphatic rings. The highest BCUT2D eigenvalue weighted by molar-refractivity contribution is 6.39. The molecule has 0 fully saturated rings. The molecule has 2 N–H and O–H groups in total. The van der Waals surface area contributed by atoms with E-state index in [2.05, 4.69) is 10.3 Å². The molecule has 5 heteroatoms. The van der Waals surface area contributed by atoms with Gasteiger partial charge in [-0.3, -0.25) is 4.79 Å². The minimum absolute atomic E-state index is 0.319. The Labute approximate surface area is 126 Å². The number of amides is 1. The number of anilines is 1. The summed E-state index contributed by atoms with van der Waals surface area (Å²) < 4.78 is 0. The zero-order valence-electron chi connectivity index (χ0n) is 10.9. The second-order valence-electron chi connectivity index (χ2n) is 4.50. The number of nitriles is 1. The van der Waals surface area contributed by atoms with Crippen LogP contribution < -0.4 is 5.32 Å². The lowest BCUT2D eigenvalue weighted by Gasteiger charge is -2.04. The number of hydrogen-bond acceptors (Lipinski definition) is 2. The van der Waals surface area contributed by atoms with E-state index in [9.17, 15) is 4.79 Å². The maximum atomic E-state index is 12.3.